The quantitative estimate of drug-likeness (QED) is 0.790. The molecular weight excluding hydrogens is 293 g/mol. The number of nitrogens with one attached hydrogen (secondary N) is 1. The maximum Gasteiger partial charge on any atom is 0.224 e. The number of furan rings is 1. The standard InChI is InChI=1S/C19H18FNO2/c1-12-7-13(2)19-15(11-23-17(19)8-12)9-18(22)21-10-14-3-5-16(20)6-4-14/h3-8,11H,9-10H2,1-2H3,(H,21,22). The van der Waals surface area contributed by atoms with Crippen LogP contribution in [0.5, 0.6) is 0 Å². The fourth-order valence-electron chi connectivity index (χ4n) is 2.80. The van der Waals surface area contributed by atoms with E-state index < -0.39 is 0 Å². The Morgan fingerprint density at radius 1 is 1.17 bits per heavy atom. The van der Waals surface area contributed by atoms with Crippen molar-refractivity contribution < 1.29 is 13.6 Å². The lowest BCUT2D eigenvalue weighted by molar-refractivity contribution is -0.120. The molecule has 0 fully saturated rings. The summed E-state index contributed by atoms with van der Waals surface area (Å²) in [6, 6.07) is 10.2. The van der Waals surface area contributed by atoms with Crippen molar-refractivity contribution in [1.82, 2.24) is 5.32 Å². The van der Waals surface area contributed by atoms with Crippen LogP contribution in [0.1, 0.15) is 22.3 Å². The zero-order chi connectivity index (χ0) is 16.4. The van der Waals surface area contributed by atoms with Gasteiger partial charge in [-0.15, -0.1) is 0 Å². The summed E-state index contributed by atoms with van der Waals surface area (Å²) in [5.41, 5.74) is 4.80. The highest BCUT2D eigenvalue weighted by molar-refractivity contribution is 5.90. The van der Waals surface area contributed by atoms with E-state index in [2.05, 4.69) is 11.4 Å². The second kappa shape index (κ2) is 6.24. The third-order valence-corrected chi connectivity index (χ3v) is 3.85. The number of hydrogen-bond donors (Lipinski definition) is 1. The van der Waals surface area contributed by atoms with E-state index in [-0.39, 0.29) is 18.1 Å². The zero-order valence-electron chi connectivity index (χ0n) is 13.2. The third kappa shape index (κ3) is 3.42. The van der Waals surface area contributed by atoms with Gasteiger partial charge >= 0.3 is 0 Å². The van der Waals surface area contributed by atoms with Gasteiger partial charge in [-0.05, 0) is 48.7 Å². The predicted molar refractivity (Wildman–Crippen MR) is 87.6 cm³/mol. The van der Waals surface area contributed by atoms with Crippen LogP contribution in [0, 0.1) is 19.7 Å². The summed E-state index contributed by atoms with van der Waals surface area (Å²) in [4.78, 5) is 12.1. The van der Waals surface area contributed by atoms with E-state index in [4.69, 9.17) is 4.42 Å². The largest absolute Gasteiger partial charge is 0.464 e. The van der Waals surface area contributed by atoms with Crippen molar-refractivity contribution in [2.24, 2.45) is 0 Å². The first-order chi connectivity index (χ1) is 11.0. The molecule has 23 heavy (non-hydrogen) atoms. The zero-order valence-corrected chi connectivity index (χ0v) is 13.2. The molecule has 0 saturated heterocycles. The minimum absolute atomic E-state index is 0.0861. The number of benzene rings is 2. The van der Waals surface area contributed by atoms with Crippen LogP contribution in [-0.4, -0.2) is 5.91 Å². The maximum atomic E-state index is 12.9. The van der Waals surface area contributed by atoms with Gasteiger partial charge in [-0.1, -0.05) is 18.2 Å². The van der Waals surface area contributed by atoms with Gasteiger partial charge in [-0.25, -0.2) is 4.39 Å². The van der Waals surface area contributed by atoms with E-state index in [9.17, 15) is 9.18 Å². The van der Waals surface area contributed by atoms with Crippen molar-refractivity contribution in [3.63, 3.8) is 0 Å². The summed E-state index contributed by atoms with van der Waals surface area (Å²) in [7, 11) is 0. The highest BCUT2D eigenvalue weighted by Crippen LogP contribution is 2.26. The van der Waals surface area contributed by atoms with Crippen LogP contribution in [-0.2, 0) is 17.8 Å². The molecule has 0 radical (unpaired) electrons. The summed E-state index contributed by atoms with van der Waals surface area (Å²) >= 11 is 0. The molecule has 0 aliphatic carbocycles. The Balaban J connectivity index is 1.69. The Hall–Kier alpha value is -2.62. The Bertz CT molecular complexity index is 850. The highest BCUT2D eigenvalue weighted by Gasteiger charge is 2.12. The molecule has 3 aromatic rings. The molecule has 3 nitrogen and oxygen atoms in total. The molecule has 0 aliphatic rings. The van der Waals surface area contributed by atoms with Crippen molar-refractivity contribution in [2.45, 2.75) is 26.8 Å². The molecule has 0 atom stereocenters. The monoisotopic (exact) mass is 311 g/mol. The minimum Gasteiger partial charge on any atom is -0.464 e. The summed E-state index contributed by atoms with van der Waals surface area (Å²) < 4.78 is 18.4. The summed E-state index contributed by atoms with van der Waals surface area (Å²) in [5, 5.41) is 3.86. The number of fused-ring (bicyclic) bond motifs is 1. The molecule has 1 N–H and O–H groups in total. The van der Waals surface area contributed by atoms with Crippen molar-refractivity contribution in [3.8, 4) is 0 Å². The smallest absolute Gasteiger partial charge is 0.224 e. The average Bonchev–Trinajstić information content (AvgIpc) is 2.89. The average molecular weight is 311 g/mol. The van der Waals surface area contributed by atoms with Gasteiger partial charge in [0.1, 0.15) is 11.4 Å². The minimum atomic E-state index is -0.282. The van der Waals surface area contributed by atoms with E-state index in [1.165, 1.54) is 12.1 Å². The van der Waals surface area contributed by atoms with Crippen LogP contribution in [0.4, 0.5) is 4.39 Å². The lowest BCUT2D eigenvalue weighted by Gasteiger charge is -2.06. The van der Waals surface area contributed by atoms with Crippen molar-refractivity contribution >= 4 is 16.9 Å². The number of amides is 1. The van der Waals surface area contributed by atoms with Crippen LogP contribution in [0.15, 0.2) is 47.1 Å². The van der Waals surface area contributed by atoms with Crippen molar-refractivity contribution in [3.05, 3.63) is 70.7 Å². The Labute approximate surface area is 134 Å². The van der Waals surface area contributed by atoms with Crippen molar-refractivity contribution in [2.75, 3.05) is 0 Å². The summed E-state index contributed by atoms with van der Waals surface area (Å²) in [6.45, 7) is 4.42. The molecule has 3 rings (SSSR count). The van der Waals surface area contributed by atoms with Gasteiger partial charge in [0, 0.05) is 17.5 Å². The third-order valence-electron chi connectivity index (χ3n) is 3.85. The molecular formula is C19H18FNO2. The molecule has 0 unspecified atom stereocenters. The fraction of sp³-hybridized carbons (Fsp3) is 0.211. The van der Waals surface area contributed by atoms with Gasteiger partial charge in [0.05, 0.1) is 12.7 Å². The van der Waals surface area contributed by atoms with Gasteiger partial charge in [0.15, 0.2) is 0 Å². The first-order valence-corrected chi connectivity index (χ1v) is 7.51. The molecule has 1 aromatic heterocycles. The second-order valence-corrected chi connectivity index (χ2v) is 5.80. The van der Waals surface area contributed by atoms with E-state index in [1.54, 1.807) is 18.4 Å². The molecule has 0 saturated carbocycles. The van der Waals surface area contributed by atoms with E-state index >= 15 is 0 Å². The first-order valence-electron chi connectivity index (χ1n) is 7.51. The number of carbonyl (C=O) groups excluding carboxylic acids is 1. The molecule has 1 amide bonds. The first kappa shape index (κ1) is 15.3. The van der Waals surface area contributed by atoms with E-state index in [0.29, 0.717) is 6.54 Å². The summed E-state index contributed by atoms with van der Waals surface area (Å²) in [5.74, 6) is -0.368. The molecule has 2 aromatic carbocycles. The second-order valence-electron chi connectivity index (χ2n) is 5.80. The SMILES string of the molecule is Cc1cc(C)c2c(CC(=O)NCc3ccc(F)cc3)coc2c1. The van der Waals surface area contributed by atoms with Gasteiger partial charge in [-0.2, -0.15) is 0 Å². The molecule has 0 aliphatic heterocycles. The van der Waals surface area contributed by atoms with Gasteiger partial charge in [0.2, 0.25) is 5.91 Å². The molecule has 1 heterocycles. The van der Waals surface area contributed by atoms with Crippen LogP contribution >= 0.6 is 0 Å². The van der Waals surface area contributed by atoms with Crippen molar-refractivity contribution in [1.29, 1.82) is 0 Å². The Morgan fingerprint density at radius 2 is 1.91 bits per heavy atom. The normalized spacial score (nSPS) is 10.9. The van der Waals surface area contributed by atoms with Gasteiger partial charge in [-0.3, -0.25) is 4.79 Å². The van der Waals surface area contributed by atoms with E-state index in [0.717, 1.165) is 33.2 Å². The molecule has 0 spiro atoms. The molecule has 118 valence electrons. The van der Waals surface area contributed by atoms with Crippen LogP contribution in [0.3, 0.4) is 0 Å². The Kier molecular flexibility index (Phi) is 4.15. The number of carbonyl (C=O) groups is 1. The number of hydrogen-bond acceptors (Lipinski definition) is 2. The van der Waals surface area contributed by atoms with E-state index in [1.807, 2.05) is 19.9 Å². The predicted octanol–water partition coefficient (Wildman–Crippen LogP) is 4.05. The number of rotatable bonds is 4. The van der Waals surface area contributed by atoms with Gasteiger partial charge < -0.3 is 9.73 Å². The fourth-order valence-corrected chi connectivity index (χ4v) is 2.80. The maximum absolute atomic E-state index is 12.9. The lowest BCUT2D eigenvalue weighted by Crippen LogP contribution is -2.24. The van der Waals surface area contributed by atoms with Crippen LogP contribution in [0.25, 0.3) is 11.0 Å². The molecule has 4 heteroatoms. The highest BCUT2D eigenvalue weighted by atomic mass is 19.1. The summed E-state index contributed by atoms with van der Waals surface area (Å²) in [6.07, 6.45) is 1.91. The number of aryl methyl sites for hydroxylation is 2. The Morgan fingerprint density at radius 3 is 2.65 bits per heavy atom. The number of halogens is 1. The topological polar surface area (TPSA) is 42.2 Å². The van der Waals surface area contributed by atoms with Crippen LogP contribution < -0.4 is 5.32 Å². The van der Waals surface area contributed by atoms with Crippen LogP contribution in [0.2, 0.25) is 0 Å². The lowest BCUT2D eigenvalue weighted by atomic mass is 10.0. The molecule has 0 bridgehead atoms. The van der Waals surface area contributed by atoms with Gasteiger partial charge in [0.25, 0.3) is 0 Å².